The lowest BCUT2D eigenvalue weighted by atomic mass is 10.0. The van der Waals surface area contributed by atoms with E-state index in [1.807, 2.05) is 12.1 Å². The summed E-state index contributed by atoms with van der Waals surface area (Å²) < 4.78 is 10.1. The second-order valence-corrected chi connectivity index (χ2v) is 6.69. The van der Waals surface area contributed by atoms with Crippen molar-refractivity contribution in [2.75, 3.05) is 26.8 Å². The Labute approximate surface area is 158 Å². The minimum atomic E-state index is -0.169. The van der Waals surface area contributed by atoms with Crippen molar-refractivity contribution < 1.29 is 18.8 Å². The Bertz CT molecular complexity index is 777. The Balaban J connectivity index is 1.75. The summed E-state index contributed by atoms with van der Waals surface area (Å²) in [5.41, 5.74) is 1.24. The third-order valence-electron chi connectivity index (χ3n) is 4.64. The Morgan fingerprint density at radius 1 is 1.44 bits per heavy atom. The van der Waals surface area contributed by atoms with Gasteiger partial charge in [-0.1, -0.05) is 11.2 Å². The lowest BCUT2D eigenvalue weighted by Gasteiger charge is -2.39. The smallest absolute Gasteiger partial charge is 0.276 e. The highest BCUT2D eigenvalue weighted by molar-refractivity contribution is 5.92. The molecule has 2 amide bonds. The first-order valence-corrected chi connectivity index (χ1v) is 8.98. The normalized spacial score (nSPS) is 17.0. The SMILES string of the molecule is COCC(=O)N(Cc1cccnc1)C1CCCN(C(=O)c2cc(C)on2)C1. The molecule has 0 N–H and O–H groups in total. The molecule has 1 atom stereocenters. The summed E-state index contributed by atoms with van der Waals surface area (Å²) in [5.74, 6) is 0.329. The molecule has 1 unspecified atom stereocenters. The predicted molar refractivity (Wildman–Crippen MR) is 96.8 cm³/mol. The molecular weight excluding hydrogens is 348 g/mol. The van der Waals surface area contributed by atoms with Gasteiger partial charge in [0.05, 0.1) is 0 Å². The second-order valence-electron chi connectivity index (χ2n) is 6.69. The van der Waals surface area contributed by atoms with Crippen LogP contribution in [0.3, 0.4) is 0 Å². The van der Waals surface area contributed by atoms with E-state index in [1.165, 1.54) is 7.11 Å². The molecule has 0 spiro atoms. The number of likely N-dealkylation sites (tertiary alicyclic amines) is 1. The molecule has 0 radical (unpaired) electrons. The van der Waals surface area contributed by atoms with Crippen molar-refractivity contribution in [1.29, 1.82) is 0 Å². The van der Waals surface area contributed by atoms with Crippen LogP contribution in [0.2, 0.25) is 0 Å². The molecule has 144 valence electrons. The molecule has 0 aliphatic carbocycles. The van der Waals surface area contributed by atoms with Crippen molar-refractivity contribution >= 4 is 11.8 Å². The molecule has 1 fully saturated rings. The number of piperidine rings is 1. The first-order chi connectivity index (χ1) is 13.1. The molecule has 1 aliphatic rings. The molecule has 0 aromatic carbocycles. The first kappa shape index (κ1) is 19.0. The number of amides is 2. The molecule has 1 saturated heterocycles. The number of carbonyl (C=O) groups excluding carboxylic acids is 2. The third-order valence-corrected chi connectivity index (χ3v) is 4.64. The molecule has 2 aromatic rings. The van der Waals surface area contributed by atoms with Gasteiger partial charge in [-0.2, -0.15) is 0 Å². The summed E-state index contributed by atoms with van der Waals surface area (Å²) in [6, 6.07) is 5.33. The Kier molecular flexibility index (Phi) is 6.18. The summed E-state index contributed by atoms with van der Waals surface area (Å²) in [6.45, 7) is 3.29. The molecular formula is C19H24N4O4. The predicted octanol–water partition coefficient (Wildman–Crippen LogP) is 1.66. The number of rotatable bonds is 6. The van der Waals surface area contributed by atoms with Crippen molar-refractivity contribution in [3.63, 3.8) is 0 Å². The Morgan fingerprint density at radius 2 is 2.30 bits per heavy atom. The molecule has 3 heterocycles. The molecule has 1 aliphatic heterocycles. The summed E-state index contributed by atoms with van der Waals surface area (Å²) in [6.07, 6.45) is 5.09. The molecule has 8 nitrogen and oxygen atoms in total. The standard InChI is InChI=1S/C19H24N4O4/c1-14-9-17(21-27-14)19(25)22-8-4-6-16(12-22)23(18(24)13-26-2)11-15-5-3-7-20-10-15/h3,5,7,9-10,16H,4,6,8,11-13H2,1-2H3. The molecule has 27 heavy (non-hydrogen) atoms. The highest BCUT2D eigenvalue weighted by Gasteiger charge is 2.31. The van der Waals surface area contributed by atoms with E-state index >= 15 is 0 Å². The molecule has 2 aromatic heterocycles. The first-order valence-electron chi connectivity index (χ1n) is 8.98. The van der Waals surface area contributed by atoms with Gasteiger partial charge in [0, 0.05) is 51.2 Å². The van der Waals surface area contributed by atoms with Gasteiger partial charge in [0.25, 0.3) is 5.91 Å². The molecule has 3 rings (SSSR count). The van der Waals surface area contributed by atoms with Gasteiger partial charge in [-0.25, -0.2) is 0 Å². The number of hydrogen-bond donors (Lipinski definition) is 0. The van der Waals surface area contributed by atoms with Crippen LogP contribution in [-0.4, -0.2) is 64.6 Å². The number of hydrogen-bond acceptors (Lipinski definition) is 6. The average Bonchev–Trinajstić information content (AvgIpc) is 3.13. The summed E-state index contributed by atoms with van der Waals surface area (Å²) in [7, 11) is 1.50. The van der Waals surface area contributed by atoms with Crippen molar-refractivity contribution in [2.45, 2.75) is 32.4 Å². The van der Waals surface area contributed by atoms with Crippen LogP contribution in [0, 0.1) is 6.92 Å². The van der Waals surface area contributed by atoms with E-state index in [4.69, 9.17) is 9.26 Å². The van der Waals surface area contributed by atoms with E-state index in [9.17, 15) is 9.59 Å². The van der Waals surface area contributed by atoms with Gasteiger partial charge in [-0.3, -0.25) is 14.6 Å². The van der Waals surface area contributed by atoms with Crippen LogP contribution >= 0.6 is 0 Å². The second kappa shape index (κ2) is 8.77. The fourth-order valence-electron chi connectivity index (χ4n) is 3.34. The number of pyridine rings is 1. The van der Waals surface area contributed by atoms with Crippen molar-refractivity contribution in [2.24, 2.45) is 0 Å². The zero-order valence-corrected chi connectivity index (χ0v) is 15.6. The summed E-state index contributed by atoms with van der Waals surface area (Å²) in [5, 5.41) is 3.82. The highest BCUT2D eigenvalue weighted by atomic mass is 16.5. The van der Waals surface area contributed by atoms with Gasteiger partial charge in [0.15, 0.2) is 5.69 Å². The molecule has 0 saturated carbocycles. The van der Waals surface area contributed by atoms with Crippen LogP contribution in [0.1, 0.15) is 34.7 Å². The van der Waals surface area contributed by atoms with Crippen molar-refractivity contribution in [3.05, 3.63) is 47.6 Å². The minimum absolute atomic E-state index is 0.00713. The topological polar surface area (TPSA) is 88.8 Å². The largest absolute Gasteiger partial charge is 0.375 e. The van der Waals surface area contributed by atoms with Crippen LogP contribution in [0.5, 0.6) is 0 Å². The Morgan fingerprint density at radius 3 is 2.96 bits per heavy atom. The summed E-state index contributed by atoms with van der Waals surface area (Å²) >= 11 is 0. The van der Waals surface area contributed by atoms with Gasteiger partial charge >= 0.3 is 0 Å². The monoisotopic (exact) mass is 372 g/mol. The number of methoxy groups -OCH3 is 1. The van der Waals surface area contributed by atoms with E-state index < -0.39 is 0 Å². The van der Waals surface area contributed by atoms with E-state index in [-0.39, 0.29) is 24.5 Å². The number of ether oxygens (including phenoxy) is 1. The van der Waals surface area contributed by atoms with Crippen LogP contribution < -0.4 is 0 Å². The third kappa shape index (κ3) is 4.71. The van der Waals surface area contributed by atoms with Crippen LogP contribution in [-0.2, 0) is 16.1 Å². The van der Waals surface area contributed by atoms with Gasteiger partial charge in [-0.15, -0.1) is 0 Å². The number of aromatic nitrogens is 2. The zero-order chi connectivity index (χ0) is 19.2. The van der Waals surface area contributed by atoms with Crippen LogP contribution in [0.4, 0.5) is 0 Å². The average molecular weight is 372 g/mol. The number of carbonyl (C=O) groups is 2. The highest BCUT2D eigenvalue weighted by Crippen LogP contribution is 2.20. The maximum absolute atomic E-state index is 12.7. The van der Waals surface area contributed by atoms with E-state index in [0.29, 0.717) is 31.1 Å². The quantitative estimate of drug-likeness (QED) is 0.766. The van der Waals surface area contributed by atoms with Gasteiger partial charge in [-0.05, 0) is 31.4 Å². The van der Waals surface area contributed by atoms with E-state index in [0.717, 1.165) is 18.4 Å². The molecule has 8 heteroatoms. The maximum atomic E-state index is 12.7. The van der Waals surface area contributed by atoms with E-state index in [1.54, 1.807) is 35.2 Å². The Hall–Kier alpha value is -2.74. The zero-order valence-electron chi connectivity index (χ0n) is 15.6. The maximum Gasteiger partial charge on any atom is 0.276 e. The van der Waals surface area contributed by atoms with Crippen LogP contribution in [0.15, 0.2) is 35.1 Å². The lowest BCUT2D eigenvalue weighted by Crippen LogP contribution is -2.52. The fourth-order valence-corrected chi connectivity index (χ4v) is 3.34. The van der Waals surface area contributed by atoms with Crippen molar-refractivity contribution in [1.82, 2.24) is 19.9 Å². The van der Waals surface area contributed by atoms with Gasteiger partial charge in [0.1, 0.15) is 12.4 Å². The van der Waals surface area contributed by atoms with Gasteiger partial charge in [0.2, 0.25) is 5.91 Å². The van der Waals surface area contributed by atoms with Crippen LogP contribution in [0.25, 0.3) is 0 Å². The molecule has 0 bridgehead atoms. The lowest BCUT2D eigenvalue weighted by molar-refractivity contribution is -0.139. The van der Waals surface area contributed by atoms with Gasteiger partial charge < -0.3 is 19.1 Å². The minimum Gasteiger partial charge on any atom is -0.375 e. The van der Waals surface area contributed by atoms with Crippen molar-refractivity contribution in [3.8, 4) is 0 Å². The summed E-state index contributed by atoms with van der Waals surface area (Å²) in [4.78, 5) is 33.0. The number of nitrogens with zero attached hydrogens (tertiary/aromatic N) is 4. The number of aryl methyl sites for hydroxylation is 1. The van der Waals surface area contributed by atoms with E-state index in [2.05, 4.69) is 10.1 Å². The fraction of sp³-hybridized carbons (Fsp3) is 0.474.